The van der Waals surface area contributed by atoms with Crippen molar-refractivity contribution in [2.45, 2.75) is 19.4 Å². The molecule has 1 atom stereocenters. The Hall–Kier alpha value is -2.21. The summed E-state index contributed by atoms with van der Waals surface area (Å²) in [4.78, 5) is 12.3. The molecule has 2 rings (SSSR count). The number of amides is 1. The van der Waals surface area contributed by atoms with Crippen molar-refractivity contribution in [2.75, 3.05) is 13.7 Å². The van der Waals surface area contributed by atoms with Crippen molar-refractivity contribution in [2.24, 2.45) is 0 Å². The van der Waals surface area contributed by atoms with Crippen LogP contribution < -0.4 is 5.32 Å². The first-order valence-electron chi connectivity index (χ1n) is 6.48. The third-order valence-corrected chi connectivity index (χ3v) is 2.95. The fourth-order valence-electron chi connectivity index (χ4n) is 1.87. The molecule has 1 amide bonds. The standard InChI is InChI=1S/C14H18N4O2/c1-11(7-10-20-2)16-14(19)12-5-3-4-6-13(12)18-9-8-15-17-18/h3-6,8-9,11H,7,10H2,1-2H3,(H,16,19)/t11-/m0/s1. The van der Waals surface area contributed by atoms with Crippen molar-refractivity contribution in [3.8, 4) is 5.69 Å². The Morgan fingerprint density at radius 3 is 2.95 bits per heavy atom. The molecule has 0 aliphatic heterocycles. The van der Waals surface area contributed by atoms with Gasteiger partial charge in [0.05, 0.1) is 23.6 Å². The molecule has 0 radical (unpaired) electrons. The normalized spacial score (nSPS) is 12.1. The number of ether oxygens (including phenoxy) is 1. The summed E-state index contributed by atoms with van der Waals surface area (Å²) < 4.78 is 6.59. The summed E-state index contributed by atoms with van der Waals surface area (Å²) in [5, 5.41) is 10.6. The van der Waals surface area contributed by atoms with Crippen LogP contribution in [0.5, 0.6) is 0 Å². The highest BCUT2D eigenvalue weighted by atomic mass is 16.5. The average molecular weight is 274 g/mol. The molecule has 0 unspecified atom stereocenters. The van der Waals surface area contributed by atoms with E-state index in [0.29, 0.717) is 17.9 Å². The molecule has 1 N–H and O–H groups in total. The van der Waals surface area contributed by atoms with Gasteiger partial charge in [-0.05, 0) is 25.5 Å². The van der Waals surface area contributed by atoms with Crippen LogP contribution in [0, 0.1) is 0 Å². The number of rotatable bonds is 6. The van der Waals surface area contributed by atoms with Crippen molar-refractivity contribution in [3.05, 3.63) is 42.2 Å². The smallest absolute Gasteiger partial charge is 0.253 e. The van der Waals surface area contributed by atoms with Gasteiger partial charge in [0.15, 0.2) is 0 Å². The van der Waals surface area contributed by atoms with Crippen molar-refractivity contribution in [1.82, 2.24) is 20.3 Å². The van der Waals surface area contributed by atoms with Gasteiger partial charge < -0.3 is 10.1 Å². The Bertz CT molecular complexity index is 554. The minimum absolute atomic E-state index is 0.0475. The molecule has 0 aliphatic rings. The van der Waals surface area contributed by atoms with E-state index in [0.717, 1.165) is 6.42 Å². The maximum atomic E-state index is 12.3. The minimum atomic E-state index is -0.125. The van der Waals surface area contributed by atoms with Crippen molar-refractivity contribution in [3.63, 3.8) is 0 Å². The fourth-order valence-corrected chi connectivity index (χ4v) is 1.87. The van der Waals surface area contributed by atoms with E-state index < -0.39 is 0 Å². The molecule has 106 valence electrons. The van der Waals surface area contributed by atoms with Gasteiger partial charge in [-0.2, -0.15) is 0 Å². The fraction of sp³-hybridized carbons (Fsp3) is 0.357. The third kappa shape index (κ3) is 3.42. The third-order valence-electron chi connectivity index (χ3n) is 2.95. The summed E-state index contributed by atoms with van der Waals surface area (Å²) in [5.41, 5.74) is 1.28. The van der Waals surface area contributed by atoms with Gasteiger partial charge in [0.1, 0.15) is 0 Å². The van der Waals surface area contributed by atoms with E-state index >= 15 is 0 Å². The van der Waals surface area contributed by atoms with Gasteiger partial charge in [-0.3, -0.25) is 4.79 Å². The van der Waals surface area contributed by atoms with E-state index in [1.54, 1.807) is 30.3 Å². The monoisotopic (exact) mass is 274 g/mol. The van der Waals surface area contributed by atoms with Gasteiger partial charge in [-0.1, -0.05) is 17.3 Å². The molecular weight excluding hydrogens is 256 g/mol. The maximum absolute atomic E-state index is 12.3. The first-order valence-corrected chi connectivity index (χ1v) is 6.48. The largest absolute Gasteiger partial charge is 0.385 e. The first-order chi connectivity index (χ1) is 9.72. The zero-order valence-corrected chi connectivity index (χ0v) is 11.6. The zero-order chi connectivity index (χ0) is 14.4. The number of carbonyl (C=O) groups excluding carboxylic acids is 1. The molecule has 0 spiro atoms. The molecule has 0 saturated heterocycles. The highest BCUT2D eigenvalue weighted by molar-refractivity contribution is 5.97. The number of nitrogens with one attached hydrogen (secondary N) is 1. The number of aromatic nitrogens is 3. The molecule has 0 bridgehead atoms. The van der Waals surface area contributed by atoms with Crippen molar-refractivity contribution in [1.29, 1.82) is 0 Å². The van der Waals surface area contributed by atoms with Crippen LogP contribution in [0.25, 0.3) is 5.69 Å². The van der Waals surface area contributed by atoms with Crippen LogP contribution >= 0.6 is 0 Å². The molecule has 0 aliphatic carbocycles. The summed E-state index contributed by atoms with van der Waals surface area (Å²) >= 11 is 0. The van der Waals surface area contributed by atoms with Crippen LogP contribution in [0.15, 0.2) is 36.7 Å². The number of methoxy groups -OCH3 is 1. The zero-order valence-electron chi connectivity index (χ0n) is 11.6. The summed E-state index contributed by atoms with van der Waals surface area (Å²) in [7, 11) is 1.65. The lowest BCUT2D eigenvalue weighted by Gasteiger charge is -2.15. The molecule has 0 saturated carbocycles. The Morgan fingerprint density at radius 1 is 1.45 bits per heavy atom. The van der Waals surface area contributed by atoms with Gasteiger partial charge in [0.25, 0.3) is 5.91 Å². The highest BCUT2D eigenvalue weighted by Crippen LogP contribution is 2.13. The van der Waals surface area contributed by atoms with Crippen molar-refractivity contribution >= 4 is 5.91 Å². The number of hydrogen-bond acceptors (Lipinski definition) is 4. The predicted molar refractivity (Wildman–Crippen MR) is 74.8 cm³/mol. The van der Waals surface area contributed by atoms with Crippen LogP contribution in [0.3, 0.4) is 0 Å². The number of benzene rings is 1. The van der Waals surface area contributed by atoms with E-state index in [1.807, 2.05) is 25.1 Å². The van der Waals surface area contributed by atoms with Crippen LogP contribution in [0.1, 0.15) is 23.7 Å². The number of hydrogen-bond donors (Lipinski definition) is 1. The highest BCUT2D eigenvalue weighted by Gasteiger charge is 2.14. The first kappa shape index (κ1) is 14.2. The quantitative estimate of drug-likeness (QED) is 0.865. The number of para-hydroxylation sites is 1. The van der Waals surface area contributed by atoms with Crippen molar-refractivity contribution < 1.29 is 9.53 Å². The van der Waals surface area contributed by atoms with E-state index in [4.69, 9.17) is 4.74 Å². The van der Waals surface area contributed by atoms with Crippen LogP contribution in [0.2, 0.25) is 0 Å². The van der Waals surface area contributed by atoms with E-state index in [-0.39, 0.29) is 11.9 Å². The van der Waals surface area contributed by atoms with Crippen LogP contribution in [0.4, 0.5) is 0 Å². The Kier molecular flexibility index (Phi) is 4.84. The molecule has 0 fully saturated rings. The molecule has 6 nitrogen and oxygen atoms in total. The second-order valence-electron chi connectivity index (χ2n) is 4.52. The van der Waals surface area contributed by atoms with Gasteiger partial charge in [-0.25, -0.2) is 4.68 Å². The summed E-state index contributed by atoms with van der Waals surface area (Å²) in [5.74, 6) is -0.125. The lowest BCUT2D eigenvalue weighted by molar-refractivity contribution is 0.0929. The molecule has 6 heteroatoms. The van der Waals surface area contributed by atoms with Gasteiger partial charge >= 0.3 is 0 Å². The Balaban J connectivity index is 2.14. The number of carbonyl (C=O) groups is 1. The Labute approximate surface area is 117 Å². The lowest BCUT2D eigenvalue weighted by Crippen LogP contribution is -2.34. The summed E-state index contributed by atoms with van der Waals surface area (Å²) in [6.45, 7) is 2.57. The summed E-state index contributed by atoms with van der Waals surface area (Å²) in [6, 6.07) is 7.35. The minimum Gasteiger partial charge on any atom is -0.385 e. The van der Waals surface area contributed by atoms with E-state index in [1.165, 1.54) is 0 Å². The average Bonchev–Trinajstić information content (AvgIpc) is 2.99. The Morgan fingerprint density at radius 2 is 2.25 bits per heavy atom. The molecule has 1 aromatic heterocycles. The molecule has 1 aromatic carbocycles. The van der Waals surface area contributed by atoms with Gasteiger partial charge in [0.2, 0.25) is 0 Å². The lowest BCUT2D eigenvalue weighted by atomic mass is 10.1. The second kappa shape index (κ2) is 6.81. The van der Waals surface area contributed by atoms with E-state index in [2.05, 4.69) is 15.6 Å². The molecule has 20 heavy (non-hydrogen) atoms. The number of nitrogens with zero attached hydrogens (tertiary/aromatic N) is 3. The molecular formula is C14H18N4O2. The van der Waals surface area contributed by atoms with Crippen LogP contribution in [-0.4, -0.2) is 40.7 Å². The predicted octanol–water partition coefficient (Wildman–Crippen LogP) is 1.42. The second-order valence-corrected chi connectivity index (χ2v) is 4.52. The summed E-state index contributed by atoms with van der Waals surface area (Å²) in [6.07, 6.45) is 4.06. The SMILES string of the molecule is COCC[C@H](C)NC(=O)c1ccccc1-n1ccnn1. The maximum Gasteiger partial charge on any atom is 0.253 e. The topological polar surface area (TPSA) is 69.0 Å². The molecule has 1 heterocycles. The van der Waals surface area contributed by atoms with E-state index in [9.17, 15) is 4.79 Å². The van der Waals surface area contributed by atoms with Gasteiger partial charge in [-0.15, -0.1) is 5.10 Å². The van der Waals surface area contributed by atoms with Crippen LogP contribution in [-0.2, 0) is 4.74 Å². The van der Waals surface area contributed by atoms with Gasteiger partial charge in [0, 0.05) is 19.8 Å². The molecule has 2 aromatic rings.